The van der Waals surface area contributed by atoms with Crippen molar-refractivity contribution in [2.75, 3.05) is 0 Å². The lowest BCUT2D eigenvalue weighted by Crippen LogP contribution is -1.97. The van der Waals surface area contributed by atoms with E-state index in [1.54, 1.807) is 23.7 Å². The molecular formula is C6H3N3S. The van der Waals surface area contributed by atoms with Gasteiger partial charge in [-0.25, -0.2) is 0 Å². The normalized spacial score (nSPS) is 13.6. The average Bonchev–Trinajstić information content (AvgIpc) is 2.43. The van der Waals surface area contributed by atoms with E-state index >= 15 is 0 Å². The first kappa shape index (κ1) is 6.73. The van der Waals surface area contributed by atoms with Crippen molar-refractivity contribution in [2.45, 2.75) is 0 Å². The van der Waals surface area contributed by atoms with Crippen LogP contribution in [0.15, 0.2) is 22.2 Å². The molecule has 0 aromatic heterocycles. The van der Waals surface area contributed by atoms with Crippen molar-refractivity contribution in [1.29, 1.82) is 10.5 Å². The number of hydrogen-bond acceptors (Lipinski definition) is 4. The van der Waals surface area contributed by atoms with Gasteiger partial charge < -0.3 is 5.32 Å². The first-order chi connectivity index (χ1) is 4.88. The van der Waals surface area contributed by atoms with E-state index in [-0.39, 0.29) is 5.57 Å². The van der Waals surface area contributed by atoms with Crippen LogP contribution in [0.4, 0.5) is 0 Å². The molecule has 0 spiro atoms. The molecule has 1 aliphatic rings. The quantitative estimate of drug-likeness (QED) is 0.523. The number of allylic oxidation sites excluding steroid dienone is 1. The highest BCUT2D eigenvalue weighted by molar-refractivity contribution is 8.06. The van der Waals surface area contributed by atoms with E-state index < -0.39 is 0 Å². The fourth-order valence-electron chi connectivity index (χ4n) is 0.503. The topological polar surface area (TPSA) is 59.6 Å². The number of nitrogens with zero attached hydrogens (tertiary/aromatic N) is 2. The summed E-state index contributed by atoms with van der Waals surface area (Å²) < 4.78 is 0. The van der Waals surface area contributed by atoms with Crippen LogP contribution in [-0.4, -0.2) is 0 Å². The third-order valence-electron chi connectivity index (χ3n) is 0.919. The molecule has 0 atom stereocenters. The Hall–Kier alpha value is -1.39. The molecule has 0 unspecified atom stereocenters. The van der Waals surface area contributed by atoms with Crippen LogP contribution in [0.2, 0.25) is 0 Å². The van der Waals surface area contributed by atoms with Crippen molar-refractivity contribution in [3.63, 3.8) is 0 Å². The minimum absolute atomic E-state index is 0.134. The van der Waals surface area contributed by atoms with Crippen molar-refractivity contribution in [3.8, 4) is 12.1 Å². The predicted molar refractivity (Wildman–Crippen MR) is 38.1 cm³/mol. The fourth-order valence-corrected chi connectivity index (χ4v) is 1.12. The van der Waals surface area contributed by atoms with Gasteiger partial charge in [0.2, 0.25) is 0 Å². The Bertz CT molecular complexity index is 250. The maximum Gasteiger partial charge on any atom is 0.159 e. The molecule has 0 saturated carbocycles. The molecule has 0 aromatic rings. The Morgan fingerprint density at radius 3 is 2.60 bits per heavy atom. The average molecular weight is 149 g/mol. The highest BCUT2D eigenvalue weighted by Crippen LogP contribution is 2.21. The molecule has 0 aliphatic carbocycles. The number of rotatable bonds is 0. The molecule has 0 radical (unpaired) electrons. The van der Waals surface area contributed by atoms with Crippen LogP contribution in [0.1, 0.15) is 0 Å². The summed E-state index contributed by atoms with van der Waals surface area (Å²) in [6, 6.07) is 3.58. The van der Waals surface area contributed by atoms with E-state index in [2.05, 4.69) is 5.32 Å². The third-order valence-corrected chi connectivity index (χ3v) is 1.75. The predicted octanol–water partition coefficient (Wildman–Crippen LogP) is 1.05. The number of hydrogen-bond donors (Lipinski definition) is 1. The van der Waals surface area contributed by atoms with Crippen molar-refractivity contribution in [3.05, 3.63) is 22.2 Å². The molecule has 1 heterocycles. The number of nitrogens with one attached hydrogen (secondary N) is 1. The highest BCUT2D eigenvalue weighted by Gasteiger charge is 2.06. The molecule has 3 nitrogen and oxygen atoms in total. The molecule has 0 aromatic carbocycles. The lowest BCUT2D eigenvalue weighted by molar-refractivity contribution is 1.17. The minimum Gasteiger partial charge on any atom is -0.354 e. The molecule has 0 amide bonds. The van der Waals surface area contributed by atoms with E-state index in [4.69, 9.17) is 10.5 Å². The van der Waals surface area contributed by atoms with Crippen LogP contribution in [0.25, 0.3) is 0 Å². The smallest absolute Gasteiger partial charge is 0.159 e. The van der Waals surface area contributed by atoms with Gasteiger partial charge in [0.1, 0.15) is 17.2 Å². The number of nitriles is 2. The molecule has 0 saturated heterocycles. The van der Waals surface area contributed by atoms with Crippen molar-refractivity contribution in [2.24, 2.45) is 0 Å². The zero-order valence-electron chi connectivity index (χ0n) is 4.96. The summed E-state index contributed by atoms with van der Waals surface area (Å²) in [5.74, 6) is 0. The summed E-state index contributed by atoms with van der Waals surface area (Å²) in [6.45, 7) is 0. The zero-order valence-corrected chi connectivity index (χ0v) is 5.77. The first-order valence-corrected chi connectivity index (χ1v) is 3.39. The molecule has 10 heavy (non-hydrogen) atoms. The summed E-state index contributed by atoms with van der Waals surface area (Å²) in [7, 11) is 0. The molecule has 0 fully saturated rings. The minimum atomic E-state index is 0.134. The van der Waals surface area contributed by atoms with Gasteiger partial charge in [0.25, 0.3) is 0 Å². The van der Waals surface area contributed by atoms with Gasteiger partial charge in [-0.3, -0.25) is 0 Å². The molecule has 1 rings (SSSR count). The Labute approximate surface area is 62.6 Å². The van der Waals surface area contributed by atoms with Crippen LogP contribution in [-0.2, 0) is 0 Å². The van der Waals surface area contributed by atoms with Gasteiger partial charge in [0.05, 0.1) is 0 Å². The molecule has 1 aliphatic heterocycles. The largest absolute Gasteiger partial charge is 0.354 e. The maximum absolute atomic E-state index is 8.37. The Morgan fingerprint density at radius 1 is 1.50 bits per heavy atom. The van der Waals surface area contributed by atoms with Gasteiger partial charge in [-0.05, 0) is 5.41 Å². The Balaban J connectivity index is 2.88. The monoisotopic (exact) mass is 149 g/mol. The number of thioether (sulfide) groups is 1. The first-order valence-electron chi connectivity index (χ1n) is 2.51. The molecular weight excluding hydrogens is 146 g/mol. The second-order valence-corrected chi connectivity index (χ2v) is 2.41. The van der Waals surface area contributed by atoms with Gasteiger partial charge >= 0.3 is 0 Å². The Morgan fingerprint density at radius 2 is 2.20 bits per heavy atom. The molecule has 4 heteroatoms. The van der Waals surface area contributed by atoms with Crippen LogP contribution in [0.3, 0.4) is 0 Å². The van der Waals surface area contributed by atoms with Gasteiger partial charge in [-0.2, -0.15) is 10.5 Å². The summed E-state index contributed by atoms with van der Waals surface area (Å²) in [6.07, 6.45) is 1.69. The summed E-state index contributed by atoms with van der Waals surface area (Å²) >= 11 is 1.34. The standard InChI is InChI=1S/C6H3N3S/c7-3-5(4-8)6-9-1-2-10-6/h1-2,9H. The van der Waals surface area contributed by atoms with Crippen LogP contribution < -0.4 is 5.32 Å². The van der Waals surface area contributed by atoms with Gasteiger partial charge in [0.15, 0.2) is 5.57 Å². The molecule has 1 N–H and O–H groups in total. The SMILES string of the molecule is N#CC(C#N)=C1NC=CS1. The maximum atomic E-state index is 8.37. The molecule has 0 bridgehead atoms. The summed E-state index contributed by atoms with van der Waals surface area (Å²) in [4.78, 5) is 0. The second kappa shape index (κ2) is 2.95. The lowest BCUT2D eigenvalue weighted by Gasteiger charge is -1.92. The van der Waals surface area contributed by atoms with E-state index in [0.29, 0.717) is 5.03 Å². The molecule has 48 valence electrons. The van der Waals surface area contributed by atoms with Crippen molar-refractivity contribution >= 4 is 11.8 Å². The van der Waals surface area contributed by atoms with Gasteiger partial charge in [-0.15, -0.1) is 0 Å². The van der Waals surface area contributed by atoms with E-state index in [9.17, 15) is 0 Å². The van der Waals surface area contributed by atoms with Crippen LogP contribution in [0.5, 0.6) is 0 Å². The third kappa shape index (κ3) is 1.12. The Kier molecular flexibility index (Phi) is 1.99. The van der Waals surface area contributed by atoms with E-state index in [1.807, 2.05) is 0 Å². The van der Waals surface area contributed by atoms with Gasteiger partial charge in [-0.1, -0.05) is 11.8 Å². The van der Waals surface area contributed by atoms with Crippen LogP contribution >= 0.6 is 11.8 Å². The zero-order chi connectivity index (χ0) is 7.40. The van der Waals surface area contributed by atoms with E-state index in [0.717, 1.165) is 0 Å². The van der Waals surface area contributed by atoms with Crippen molar-refractivity contribution in [1.82, 2.24) is 5.32 Å². The van der Waals surface area contributed by atoms with Crippen LogP contribution in [0, 0.1) is 22.7 Å². The lowest BCUT2D eigenvalue weighted by atomic mass is 10.3. The second-order valence-electron chi connectivity index (χ2n) is 1.49. The summed E-state index contributed by atoms with van der Waals surface area (Å²) in [5, 5.41) is 21.9. The van der Waals surface area contributed by atoms with E-state index in [1.165, 1.54) is 11.8 Å². The van der Waals surface area contributed by atoms with Crippen molar-refractivity contribution < 1.29 is 0 Å². The summed E-state index contributed by atoms with van der Waals surface area (Å²) in [5.41, 5.74) is 0.134. The van der Waals surface area contributed by atoms with Gasteiger partial charge in [0, 0.05) is 6.20 Å². The fraction of sp³-hybridized carbons (Fsp3) is 0. The highest BCUT2D eigenvalue weighted by atomic mass is 32.2.